The predicted octanol–water partition coefficient (Wildman–Crippen LogP) is 2.47. The second kappa shape index (κ2) is 2.68. The van der Waals surface area contributed by atoms with Crippen molar-refractivity contribution in [2.24, 2.45) is 21.7 Å². The van der Waals surface area contributed by atoms with E-state index in [-0.39, 0.29) is 10.8 Å². The predicted molar refractivity (Wildman–Crippen MR) is 57.6 cm³/mol. The average Bonchev–Trinajstić information content (AvgIpc) is 2.29. The minimum absolute atomic E-state index is 0.0914. The SMILES string of the molecule is CN=C1CC(=O)[C@]2(C)CC[C@H]1C2(C)C. The molecule has 2 heteroatoms. The first-order valence-electron chi connectivity index (χ1n) is 5.42. The van der Waals surface area contributed by atoms with Gasteiger partial charge in [0, 0.05) is 30.5 Å². The second-order valence-corrected chi connectivity index (χ2v) is 5.46. The number of ketones is 1. The van der Waals surface area contributed by atoms with Gasteiger partial charge in [-0.15, -0.1) is 0 Å². The highest BCUT2D eigenvalue weighted by Crippen LogP contribution is 2.60. The highest BCUT2D eigenvalue weighted by Gasteiger charge is 2.59. The Morgan fingerprint density at radius 3 is 2.57 bits per heavy atom. The summed E-state index contributed by atoms with van der Waals surface area (Å²) in [6.45, 7) is 6.60. The van der Waals surface area contributed by atoms with E-state index in [1.54, 1.807) is 0 Å². The van der Waals surface area contributed by atoms with Gasteiger partial charge in [0.25, 0.3) is 0 Å². The topological polar surface area (TPSA) is 29.4 Å². The van der Waals surface area contributed by atoms with E-state index in [1.165, 1.54) is 0 Å². The first-order valence-corrected chi connectivity index (χ1v) is 5.42. The Balaban J connectivity index is 2.51. The van der Waals surface area contributed by atoms with E-state index in [2.05, 4.69) is 25.8 Å². The first-order chi connectivity index (χ1) is 6.43. The van der Waals surface area contributed by atoms with E-state index in [4.69, 9.17) is 0 Å². The largest absolute Gasteiger partial charge is 0.299 e. The van der Waals surface area contributed by atoms with Crippen LogP contribution in [-0.2, 0) is 4.79 Å². The number of rotatable bonds is 0. The molecular weight excluding hydrogens is 174 g/mol. The fourth-order valence-corrected chi connectivity index (χ4v) is 3.30. The number of carbonyl (C=O) groups is 1. The van der Waals surface area contributed by atoms with Gasteiger partial charge in [-0.05, 0) is 18.3 Å². The highest BCUT2D eigenvalue weighted by molar-refractivity contribution is 6.09. The molecule has 78 valence electrons. The highest BCUT2D eigenvalue weighted by atomic mass is 16.1. The zero-order valence-corrected chi connectivity index (χ0v) is 9.55. The smallest absolute Gasteiger partial charge is 0.144 e. The molecular formula is C12H19NO. The van der Waals surface area contributed by atoms with Crippen LogP contribution in [0.2, 0.25) is 0 Å². The molecule has 14 heavy (non-hydrogen) atoms. The molecule has 2 bridgehead atoms. The fourth-order valence-electron chi connectivity index (χ4n) is 3.30. The fraction of sp³-hybridized carbons (Fsp3) is 0.833. The Kier molecular flexibility index (Phi) is 1.89. The van der Waals surface area contributed by atoms with Gasteiger partial charge < -0.3 is 0 Å². The lowest BCUT2D eigenvalue weighted by Gasteiger charge is -2.45. The van der Waals surface area contributed by atoms with Gasteiger partial charge in [-0.2, -0.15) is 0 Å². The van der Waals surface area contributed by atoms with Gasteiger partial charge >= 0.3 is 0 Å². The molecule has 0 aromatic carbocycles. The molecule has 0 N–H and O–H groups in total. The Bertz CT molecular complexity index is 316. The standard InChI is InChI=1S/C12H19NO/c1-11(2)8-5-6-12(11,3)10(14)7-9(8)13-4/h8H,5-7H2,1-4H3/t8-,12+/m1/s1. The van der Waals surface area contributed by atoms with Crippen molar-refractivity contribution in [3.8, 4) is 0 Å². The molecule has 0 unspecified atom stereocenters. The number of hydrogen-bond acceptors (Lipinski definition) is 2. The van der Waals surface area contributed by atoms with Crippen LogP contribution in [0, 0.1) is 16.7 Å². The van der Waals surface area contributed by atoms with E-state index in [0.29, 0.717) is 18.1 Å². The molecule has 2 saturated carbocycles. The number of fused-ring (bicyclic) bond motifs is 2. The molecule has 0 radical (unpaired) electrons. The third kappa shape index (κ3) is 0.918. The molecule has 2 fully saturated rings. The summed E-state index contributed by atoms with van der Waals surface area (Å²) in [5.74, 6) is 0.937. The van der Waals surface area contributed by atoms with Gasteiger partial charge in [0.05, 0.1) is 0 Å². The molecule has 0 amide bonds. The van der Waals surface area contributed by atoms with Crippen LogP contribution in [0.3, 0.4) is 0 Å². The van der Waals surface area contributed by atoms with E-state index < -0.39 is 0 Å². The summed E-state index contributed by atoms with van der Waals surface area (Å²) in [5.41, 5.74) is 1.15. The van der Waals surface area contributed by atoms with Crippen molar-refractivity contribution < 1.29 is 4.79 Å². The lowest BCUT2D eigenvalue weighted by atomic mass is 9.58. The van der Waals surface area contributed by atoms with Gasteiger partial charge in [0.1, 0.15) is 5.78 Å². The second-order valence-electron chi connectivity index (χ2n) is 5.46. The van der Waals surface area contributed by atoms with Crippen molar-refractivity contribution in [3.05, 3.63) is 0 Å². The third-order valence-corrected chi connectivity index (χ3v) is 4.87. The van der Waals surface area contributed by atoms with Gasteiger partial charge in [0.2, 0.25) is 0 Å². The molecule has 2 aliphatic rings. The first kappa shape index (κ1) is 9.88. The van der Waals surface area contributed by atoms with Crippen LogP contribution in [-0.4, -0.2) is 18.5 Å². The summed E-state index contributed by atoms with van der Waals surface area (Å²) in [6.07, 6.45) is 2.78. The Labute approximate surface area is 85.8 Å². The lowest BCUT2D eigenvalue weighted by Crippen LogP contribution is -2.48. The van der Waals surface area contributed by atoms with E-state index in [1.807, 2.05) is 7.05 Å². The summed E-state index contributed by atoms with van der Waals surface area (Å²) in [5, 5.41) is 0. The minimum Gasteiger partial charge on any atom is -0.299 e. The van der Waals surface area contributed by atoms with Crippen LogP contribution in [0.15, 0.2) is 4.99 Å². The molecule has 2 aliphatic carbocycles. The summed E-state index contributed by atoms with van der Waals surface area (Å²) >= 11 is 0. The van der Waals surface area contributed by atoms with Crippen LogP contribution in [0.25, 0.3) is 0 Å². The van der Waals surface area contributed by atoms with Crippen LogP contribution in [0.1, 0.15) is 40.0 Å². The summed E-state index contributed by atoms with van der Waals surface area (Å²) in [4.78, 5) is 16.4. The van der Waals surface area contributed by atoms with Crippen LogP contribution >= 0.6 is 0 Å². The van der Waals surface area contributed by atoms with Crippen molar-refractivity contribution in [1.29, 1.82) is 0 Å². The zero-order chi connectivity index (χ0) is 10.6. The number of hydrogen-bond donors (Lipinski definition) is 0. The maximum Gasteiger partial charge on any atom is 0.144 e. The quantitative estimate of drug-likeness (QED) is 0.581. The van der Waals surface area contributed by atoms with E-state index in [9.17, 15) is 4.79 Å². The Morgan fingerprint density at radius 2 is 2.00 bits per heavy atom. The van der Waals surface area contributed by atoms with Crippen molar-refractivity contribution >= 4 is 11.5 Å². The Hall–Kier alpha value is -0.660. The summed E-state index contributed by atoms with van der Waals surface area (Å²) in [6, 6.07) is 0. The van der Waals surface area contributed by atoms with Crippen molar-refractivity contribution in [2.45, 2.75) is 40.0 Å². The van der Waals surface area contributed by atoms with Crippen LogP contribution in [0.5, 0.6) is 0 Å². The summed E-state index contributed by atoms with van der Waals surface area (Å²) < 4.78 is 0. The minimum atomic E-state index is -0.0914. The van der Waals surface area contributed by atoms with Crippen molar-refractivity contribution in [2.75, 3.05) is 7.05 Å². The normalized spacial score (nSPS) is 43.3. The molecule has 2 nitrogen and oxygen atoms in total. The molecule has 0 saturated heterocycles. The molecule has 0 spiro atoms. The van der Waals surface area contributed by atoms with Crippen LogP contribution < -0.4 is 0 Å². The number of aliphatic imine (C=N–C) groups is 1. The van der Waals surface area contributed by atoms with Gasteiger partial charge in [0.15, 0.2) is 0 Å². The molecule has 0 aliphatic heterocycles. The monoisotopic (exact) mass is 193 g/mol. The number of Topliss-reactive ketones (excluding diaryl/α,β-unsaturated/α-hetero) is 1. The zero-order valence-electron chi connectivity index (χ0n) is 9.55. The molecule has 0 aromatic heterocycles. The van der Waals surface area contributed by atoms with Crippen molar-refractivity contribution in [3.63, 3.8) is 0 Å². The molecule has 2 atom stereocenters. The van der Waals surface area contributed by atoms with E-state index >= 15 is 0 Å². The van der Waals surface area contributed by atoms with Crippen molar-refractivity contribution in [1.82, 2.24) is 0 Å². The van der Waals surface area contributed by atoms with Gasteiger partial charge in [-0.25, -0.2) is 0 Å². The number of nitrogens with zero attached hydrogens (tertiary/aromatic N) is 1. The maximum atomic E-state index is 12.1. The van der Waals surface area contributed by atoms with Crippen LogP contribution in [0.4, 0.5) is 0 Å². The lowest BCUT2D eigenvalue weighted by molar-refractivity contribution is -0.133. The average molecular weight is 193 g/mol. The third-order valence-electron chi connectivity index (χ3n) is 4.87. The number of carbonyl (C=O) groups excluding carboxylic acids is 1. The molecule has 0 aromatic rings. The van der Waals surface area contributed by atoms with Gasteiger partial charge in [-0.1, -0.05) is 20.8 Å². The molecule has 2 rings (SSSR count). The Morgan fingerprint density at radius 1 is 1.36 bits per heavy atom. The molecule has 0 heterocycles. The van der Waals surface area contributed by atoms with Gasteiger partial charge in [-0.3, -0.25) is 9.79 Å². The maximum absolute atomic E-state index is 12.1. The van der Waals surface area contributed by atoms with E-state index in [0.717, 1.165) is 18.6 Å². The summed E-state index contributed by atoms with van der Waals surface area (Å²) in [7, 11) is 1.82.